The third-order valence-corrected chi connectivity index (χ3v) is 3.58. The highest BCUT2D eigenvalue weighted by atomic mass is 35.5. The van der Waals surface area contributed by atoms with Crippen LogP contribution in [0.15, 0.2) is 59.6 Å². The van der Waals surface area contributed by atoms with Gasteiger partial charge in [0.15, 0.2) is 0 Å². The Hall–Kier alpha value is -1.80. The Balaban J connectivity index is 1.94. The lowest BCUT2D eigenvalue weighted by molar-refractivity contribution is 0.269. The highest BCUT2D eigenvalue weighted by Gasteiger charge is 2.33. The van der Waals surface area contributed by atoms with E-state index < -0.39 is 0 Å². The minimum Gasteiger partial charge on any atom is -0.475 e. The topological polar surface area (TPSA) is 21.6 Å². The Morgan fingerprint density at radius 2 is 1.74 bits per heavy atom. The first-order valence-electron chi connectivity index (χ1n) is 6.21. The molecule has 1 aliphatic rings. The van der Waals surface area contributed by atoms with Crippen molar-refractivity contribution in [3.05, 3.63) is 70.7 Å². The molecule has 2 aromatic carbocycles. The Morgan fingerprint density at radius 3 is 2.42 bits per heavy atom. The number of nitrogens with zero attached hydrogens (tertiary/aromatic N) is 1. The maximum absolute atomic E-state index is 5.89. The van der Waals surface area contributed by atoms with Crippen molar-refractivity contribution in [2.75, 3.05) is 6.61 Å². The van der Waals surface area contributed by atoms with Crippen molar-refractivity contribution in [3.63, 3.8) is 0 Å². The maximum atomic E-state index is 5.89. The largest absolute Gasteiger partial charge is 0.475 e. The molecule has 1 unspecified atom stereocenters. The monoisotopic (exact) mass is 271 g/mol. The van der Waals surface area contributed by atoms with Crippen molar-refractivity contribution in [1.29, 1.82) is 0 Å². The summed E-state index contributed by atoms with van der Waals surface area (Å²) in [6.07, 6.45) is 0. The van der Waals surface area contributed by atoms with Crippen LogP contribution in [0.25, 0.3) is 0 Å². The molecule has 0 radical (unpaired) electrons. The van der Waals surface area contributed by atoms with Crippen LogP contribution in [0.1, 0.15) is 18.1 Å². The molecule has 0 N–H and O–H groups in total. The summed E-state index contributed by atoms with van der Waals surface area (Å²) < 4.78 is 5.76. The van der Waals surface area contributed by atoms with Gasteiger partial charge < -0.3 is 4.74 Å². The molecule has 2 aromatic rings. The number of benzene rings is 2. The molecule has 1 aliphatic heterocycles. The molecular weight excluding hydrogens is 258 g/mol. The third kappa shape index (κ3) is 2.36. The molecule has 2 nitrogen and oxygen atoms in total. The molecule has 3 rings (SSSR count). The lowest BCUT2D eigenvalue weighted by Gasteiger charge is -2.18. The minimum atomic E-state index is -0.309. The van der Waals surface area contributed by atoms with Gasteiger partial charge in [0.05, 0.1) is 0 Å². The van der Waals surface area contributed by atoms with Crippen molar-refractivity contribution in [2.24, 2.45) is 4.99 Å². The second kappa shape index (κ2) is 4.71. The molecule has 96 valence electrons. The van der Waals surface area contributed by atoms with Crippen molar-refractivity contribution in [1.82, 2.24) is 0 Å². The van der Waals surface area contributed by atoms with Crippen molar-refractivity contribution < 1.29 is 4.74 Å². The van der Waals surface area contributed by atoms with E-state index >= 15 is 0 Å². The van der Waals surface area contributed by atoms with Gasteiger partial charge in [-0.15, -0.1) is 0 Å². The van der Waals surface area contributed by atoms with Crippen LogP contribution in [-0.2, 0) is 10.3 Å². The number of aliphatic imine (C=N–C) groups is 1. The maximum Gasteiger partial charge on any atom is 0.217 e. The van der Waals surface area contributed by atoms with E-state index in [1.807, 2.05) is 42.5 Å². The summed E-state index contributed by atoms with van der Waals surface area (Å²) in [6, 6.07) is 17.8. The Labute approximate surface area is 117 Å². The molecule has 0 bridgehead atoms. The average Bonchev–Trinajstić information content (AvgIpc) is 2.85. The van der Waals surface area contributed by atoms with Crippen LogP contribution in [-0.4, -0.2) is 12.5 Å². The predicted molar refractivity (Wildman–Crippen MR) is 77.7 cm³/mol. The molecule has 0 fully saturated rings. The van der Waals surface area contributed by atoms with Gasteiger partial charge in [0.25, 0.3) is 0 Å². The summed E-state index contributed by atoms with van der Waals surface area (Å²) in [4.78, 5) is 4.74. The minimum absolute atomic E-state index is 0.309. The van der Waals surface area contributed by atoms with Crippen LogP contribution in [0.5, 0.6) is 0 Å². The molecule has 0 aromatic heterocycles. The van der Waals surface area contributed by atoms with Gasteiger partial charge in [-0.05, 0) is 36.8 Å². The highest BCUT2D eigenvalue weighted by Crippen LogP contribution is 2.31. The fourth-order valence-electron chi connectivity index (χ4n) is 2.18. The van der Waals surface area contributed by atoms with E-state index in [1.54, 1.807) is 0 Å². The van der Waals surface area contributed by atoms with Crippen LogP contribution in [0.3, 0.4) is 0 Å². The number of hydrogen-bond acceptors (Lipinski definition) is 2. The first-order valence-corrected chi connectivity index (χ1v) is 6.59. The van der Waals surface area contributed by atoms with Gasteiger partial charge >= 0.3 is 0 Å². The van der Waals surface area contributed by atoms with E-state index in [-0.39, 0.29) is 5.54 Å². The zero-order chi connectivity index (χ0) is 13.3. The molecule has 3 heteroatoms. The van der Waals surface area contributed by atoms with E-state index in [9.17, 15) is 0 Å². The zero-order valence-electron chi connectivity index (χ0n) is 10.6. The second-order valence-electron chi connectivity index (χ2n) is 4.85. The summed E-state index contributed by atoms with van der Waals surface area (Å²) in [5.41, 5.74) is 1.82. The fraction of sp³-hybridized carbons (Fsp3) is 0.188. The van der Waals surface area contributed by atoms with Crippen LogP contribution < -0.4 is 0 Å². The number of ether oxygens (including phenoxy) is 1. The number of rotatable bonds is 2. The van der Waals surface area contributed by atoms with Crippen LogP contribution in [0.4, 0.5) is 0 Å². The fourth-order valence-corrected chi connectivity index (χ4v) is 2.31. The molecule has 1 atom stereocenters. The summed E-state index contributed by atoms with van der Waals surface area (Å²) >= 11 is 5.89. The molecule has 0 aliphatic carbocycles. The standard InChI is InChI=1S/C16H14ClNO/c1-16(13-5-3-2-4-6-13)11-19-15(18-16)12-7-9-14(17)10-8-12/h2-10H,11H2,1H3. The van der Waals surface area contributed by atoms with Gasteiger partial charge in [0, 0.05) is 10.6 Å². The van der Waals surface area contributed by atoms with E-state index in [4.69, 9.17) is 21.3 Å². The van der Waals surface area contributed by atoms with E-state index in [2.05, 4.69) is 19.1 Å². The van der Waals surface area contributed by atoms with Gasteiger partial charge in [-0.2, -0.15) is 0 Å². The number of hydrogen-bond donors (Lipinski definition) is 0. The van der Waals surface area contributed by atoms with Gasteiger partial charge in [-0.3, -0.25) is 0 Å². The van der Waals surface area contributed by atoms with E-state index in [1.165, 1.54) is 5.56 Å². The molecule has 0 saturated heterocycles. The SMILES string of the molecule is CC1(c2ccccc2)COC(c2ccc(Cl)cc2)=N1. The lowest BCUT2D eigenvalue weighted by atomic mass is 9.94. The molecular formula is C16H14ClNO. The van der Waals surface area contributed by atoms with Gasteiger partial charge in [-0.1, -0.05) is 41.9 Å². The Kier molecular flexibility index (Phi) is 3.03. The smallest absolute Gasteiger partial charge is 0.217 e. The van der Waals surface area contributed by atoms with Crippen LogP contribution in [0, 0.1) is 0 Å². The summed E-state index contributed by atoms with van der Waals surface area (Å²) in [5, 5.41) is 0.716. The van der Waals surface area contributed by atoms with E-state index in [0.717, 1.165) is 5.56 Å². The highest BCUT2D eigenvalue weighted by molar-refractivity contribution is 6.30. The van der Waals surface area contributed by atoms with Gasteiger partial charge in [-0.25, -0.2) is 4.99 Å². The zero-order valence-corrected chi connectivity index (χ0v) is 11.4. The first kappa shape index (κ1) is 12.2. The Bertz CT molecular complexity index is 606. The summed E-state index contributed by atoms with van der Waals surface area (Å²) in [7, 11) is 0. The predicted octanol–water partition coefficient (Wildman–Crippen LogP) is 4.03. The number of halogens is 1. The van der Waals surface area contributed by atoms with Crippen LogP contribution >= 0.6 is 11.6 Å². The average molecular weight is 272 g/mol. The van der Waals surface area contributed by atoms with Crippen molar-refractivity contribution in [2.45, 2.75) is 12.5 Å². The molecule has 0 amide bonds. The molecule has 0 spiro atoms. The summed E-state index contributed by atoms with van der Waals surface area (Å²) in [6.45, 7) is 2.65. The quantitative estimate of drug-likeness (QED) is 0.808. The van der Waals surface area contributed by atoms with Gasteiger partial charge in [0.1, 0.15) is 12.1 Å². The third-order valence-electron chi connectivity index (χ3n) is 3.33. The first-order chi connectivity index (χ1) is 9.17. The summed E-state index contributed by atoms with van der Waals surface area (Å²) in [5.74, 6) is 0.683. The Morgan fingerprint density at radius 1 is 1.05 bits per heavy atom. The molecule has 0 saturated carbocycles. The van der Waals surface area contributed by atoms with E-state index in [0.29, 0.717) is 17.5 Å². The lowest BCUT2D eigenvalue weighted by Crippen LogP contribution is -2.20. The second-order valence-corrected chi connectivity index (χ2v) is 5.29. The molecule has 1 heterocycles. The van der Waals surface area contributed by atoms with Crippen molar-refractivity contribution in [3.8, 4) is 0 Å². The normalized spacial score (nSPS) is 21.9. The van der Waals surface area contributed by atoms with Crippen LogP contribution in [0.2, 0.25) is 5.02 Å². The molecule has 19 heavy (non-hydrogen) atoms. The van der Waals surface area contributed by atoms with Gasteiger partial charge in [0.2, 0.25) is 5.90 Å². The van der Waals surface area contributed by atoms with Crippen molar-refractivity contribution >= 4 is 17.5 Å².